The summed E-state index contributed by atoms with van der Waals surface area (Å²) in [5, 5.41) is 24.2. The summed E-state index contributed by atoms with van der Waals surface area (Å²) in [5.74, 6) is -0.0211. The Labute approximate surface area is 220 Å². The molecule has 4 aliphatic heterocycles. The summed E-state index contributed by atoms with van der Waals surface area (Å²) < 4.78 is 16.8. The number of hydrogen-bond acceptors (Lipinski definition) is 10. The lowest BCUT2D eigenvalue weighted by Crippen LogP contribution is -2.55. The summed E-state index contributed by atoms with van der Waals surface area (Å²) in [4.78, 5) is 52.1. The van der Waals surface area contributed by atoms with Gasteiger partial charge in [0, 0.05) is 58.3 Å². The van der Waals surface area contributed by atoms with Gasteiger partial charge in [-0.1, -0.05) is 0 Å². The van der Waals surface area contributed by atoms with E-state index in [4.69, 9.17) is 14.2 Å². The molecule has 14 heteroatoms. The molecule has 7 atom stereocenters. The number of morpholine rings is 1. The molecule has 5 rings (SSSR count). The van der Waals surface area contributed by atoms with Gasteiger partial charge in [-0.25, -0.2) is 4.98 Å². The van der Waals surface area contributed by atoms with E-state index < -0.39 is 36.6 Å². The van der Waals surface area contributed by atoms with Crippen LogP contribution in [0.15, 0.2) is 12.4 Å². The van der Waals surface area contributed by atoms with Gasteiger partial charge in [0.15, 0.2) is 0 Å². The summed E-state index contributed by atoms with van der Waals surface area (Å²) >= 11 is 0. The summed E-state index contributed by atoms with van der Waals surface area (Å²) in [6.45, 7) is 1.85. The minimum absolute atomic E-state index is 0.0193. The van der Waals surface area contributed by atoms with Crippen molar-refractivity contribution in [1.82, 2.24) is 30.0 Å². The third-order valence-electron chi connectivity index (χ3n) is 7.70. The fourth-order valence-corrected chi connectivity index (χ4v) is 5.83. The Morgan fingerprint density at radius 1 is 1.18 bits per heavy atom. The molecule has 4 saturated heterocycles. The number of ether oxygens (including phenoxy) is 3. The average molecular weight is 537 g/mol. The Kier molecular flexibility index (Phi) is 8.26. The lowest BCUT2D eigenvalue weighted by atomic mass is 10.0. The Balaban J connectivity index is 1.40. The van der Waals surface area contributed by atoms with E-state index in [0.717, 1.165) is 5.82 Å². The number of rotatable bonds is 4. The first-order valence-electron chi connectivity index (χ1n) is 13.0. The molecule has 4 N–H and O–H groups in total. The Hall–Kier alpha value is -2.62. The number of amides is 3. The Bertz CT molecular complexity index is 995. The number of aliphatic hydroxyl groups excluding tert-OH is 2. The van der Waals surface area contributed by atoms with Crippen LogP contribution >= 0.6 is 0 Å². The molecule has 1 aromatic rings. The van der Waals surface area contributed by atoms with Crippen molar-refractivity contribution in [3.05, 3.63) is 18.2 Å². The highest BCUT2D eigenvalue weighted by Gasteiger charge is 2.46. The fourth-order valence-electron chi connectivity index (χ4n) is 5.83. The maximum atomic E-state index is 13.7. The van der Waals surface area contributed by atoms with Crippen LogP contribution in [0.25, 0.3) is 0 Å². The molecule has 0 spiro atoms. The van der Waals surface area contributed by atoms with Crippen molar-refractivity contribution in [2.45, 2.75) is 62.0 Å². The van der Waals surface area contributed by atoms with Gasteiger partial charge in [0.1, 0.15) is 30.7 Å². The standard InChI is InChI=1S/C24H36N6O8/c1-36-13-21(32)30-10-15-9-28(4-5-37-15)24(35)16-6-14(8-29(16)12-19-25-2-3-26-19)27-20(31)7-17-22(33)23(34)18(11-30)38-17/h2-3,14-18,22-23,33-34H,4-13H2,1H3,(H,25,26)(H,27,31)/t14-,15-,16-,17-,18+,22-,23+/m0/s1. The van der Waals surface area contributed by atoms with Crippen LogP contribution in [0.5, 0.6) is 0 Å². The van der Waals surface area contributed by atoms with Gasteiger partial charge >= 0.3 is 0 Å². The topological polar surface area (TPSA) is 170 Å². The lowest BCUT2D eigenvalue weighted by Gasteiger charge is -2.38. The van der Waals surface area contributed by atoms with E-state index in [1.54, 1.807) is 17.3 Å². The molecule has 210 valence electrons. The summed E-state index contributed by atoms with van der Waals surface area (Å²) in [5.41, 5.74) is 0. The van der Waals surface area contributed by atoms with Crippen LogP contribution in [0, 0.1) is 0 Å². The van der Waals surface area contributed by atoms with Crippen molar-refractivity contribution in [3.8, 4) is 0 Å². The molecule has 0 unspecified atom stereocenters. The Morgan fingerprint density at radius 2 is 2.00 bits per heavy atom. The molecule has 6 bridgehead atoms. The lowest BCUT2D eigenvalue weighted by molar-refractivity contribution is -0.148. The zero-order valence-electron chi connectivity index (χ0n) is 21.4. The zero-order chi connectivity index (χ0) is 26.8. The van der Waals surface area contributed by atoms with Gasteiger partial charge in [-0.3, -0.25) is 19.3 Å². The number of aromatic nitrogens is 2. The highest BCUT2D eigenvalue weighted by Crippen LogP contribution is 2.27. The van der Waals surface area contributed by atoms with Crippen LogP contribution in [-0.2, 0) is 35.1 Å². The molecular weight excluding hydrogens is 500 g/mol. The third-order valence-corrected chi connectivity index (χ3v) is 7.70. The van der Waals surface area contributed by atoms with Crippen molar-refractivity contribution in [2.24, 2.45) is 0 Å². The molecule has 4 fully saturated rings. The first kappa shape index (κ1) is 27.0. The molecule has 38 heavy (non-hydrogen) atoms. The van der Waals surface area contributed by atoms with Crippen LogP contribution in [0.1, 0.15) is 18.7 Å². The van der Waals surface area contributed by atoms with Crippen molar-refractivity contribution in [1.29, 1.82) is 0 Å². The highest BCUT2D eigenvalue weighted by molar-refractivity contribution is 5.83. The monoisotopic (exact) mass is 536 g/mol. The minimum atomic E-state index is -1.28. The van der Waals surface area contributed by atoms with Crippen LogP contribution < -0.4 is 5.32 Å². The van der Waals surface area contributed by atoms with E-state index in [1.165, 1.54) is 12.0 Å². The molecule has 14 nitrogen and oxygen atoms in total. The number of aromatic amines is 1. The van der Waals surface area contributed by atoms with Crippen LogP contribution in [0.2, 0.25) is 0 Å². The molecule has 1 aromatic heterocycles. The first-order valence-corrected chi connectivity index (χ1v) is 13.0. The van der Waals surface area contributed by atoms with Crippen molar-refractivity contribution in [3.63, 3.8) is 0 Å². The number of aliphatic hydroxyl groups is 2. The number of hydrogen-bond donors (Lipinski definition) is 4. The van der Waals surface area contributed by atoms with E-state index in [0.29, 0.717) is 32.7 Å². The van der Waals surface area contributed by atoms with Crippen molar-refractivity contribution < 1.29 is 38.8 Å². The first-order chi connectivity index (χ1) is 18.3. The predicted octanol–water partition coefficient (Wildman–Crippen LogP) is -2.94. The van der Waals surface area contributed by atoms with E-state index in [-0.39, 0.29) is 56.4 Å². The number of fused-ring (bicyclic) bond motifs is 6. The molecule has 0 aliphatic carbocycles. The molecule has 3 amide bonds. The van der Waals surface area contributed by atoms with Gasteiger partial charge in [0.25, 0.3) is 0 Å². The minimum Gasteiger partial charge on any atom is -0.388 e. The maximum Gasteiger partial charge on any atom is 0.248 e. The third kappa shape index (κ3) is 5.84. The number of nitrogens with zero attached hydrogens (tertiary/aromatic N) is 4. The highest BCUT2D eigenvalue weighted by atomic mass is 16.5. The molecule has 0 radical (unpaired) electrons. The van der Waals surface area contributed by atoms with Gasteiger partial charge in [0.05, 0.1) is 37.8 Å². The van der Waals surface area contributed by atoms with Crippen LogP contribution in [0.3, 0.4) is 0 Å². The van der Waals surface area contributed by atoms with Crippen molar-refractivity contribution in [2.75, 3.05) is 53.0 Å². The second-order valence-electron chi connectivity index (χ2n) is 10.4. The number of carbonyl (C=O) groups excluding carboxylic acids is 3. The van der Waals surface area contributed by atoms with E-state index in [1.807, 2.05) is 4.90 Å². The maximum absolute atomic E-state index is 13.7. The SMILES string of the molecule is COCC(=O)N1C[C@@H]2CN(CCO2)C(=O)[C@@H]2C[C@@H](CN2Cc2ncc[nH]2)NC(=O)C[C@@H]2O[C@H](C1)[C@@H](O)[C@H]2O. The van der Waals surface area contributed by atoms with Crippen molar-refractivity contribution >= 4 is 17.7 Å². The number of likely N-dealkylation sites (tertiary alicyclic amines) is 1. The largest absolute Gasteiger partial charge is 0.388 e. The van der Waals surface area contributed by atoms with Gasteiger partial charge in [-0.05, 0) is 6.42 Å². The summed E-state index contributed by atoms with van der Waals surface area (Å²) in [6.07, 6.45) is -1.18. The number of methoxy groups -OCH3 is 1. The number of nitrogens with one attached hydrogen (secondary N) is 2. The van der Waals surface area contributed by atoms with Crippen LogP contribution in [-0.4, -0.2) is 148 Å². The Morgan fingerprint density at radius 3 is 2.76 bits per heavy atom. The number of H-pyrrole nitrogens is 1. The van der Waals surface area contributed by atoms with E-state index in [2.05, 4.69) is 15.3 Å². The number of imidazole rings is 1. The molecule has 5 heterocycles. The van der Waals surface area contributed by atoms with E-state index in [9.17, 15) is 24.6 Å². The fraction of sp³-hybridized carbons (Fsp3) is 0.750. The molecule has 4 aliphatic rings. The second-order valence-corrected chi connectivity index (χ2v) is 10.4. The average Bonchev–Trinajstić information content (AvgIpc) is 3.61. The smallest absolute Gasteiger partial charge is 0.248 e. The molecule has 0 saturated carbocycles. The van der Waals surface area contributed by atoms with Gasteiger partial charge in [-0.2, -0.15) is 0 Å². The van der Waals surface area contributed by atoms with Gasteiger partial charge in [0.2, 0.25) is 17.7 Å². The number of carbonyl (C=O) groups is 3. The second kappa shape index (κ2) is 11.6. The normalized spacial score (nSPS) is 35.0. The van der Waals surface area contributed by atoms with Crippen LogP contribution in [0.4, 0.5) is 0 Å². The summed E-state index contributed by atoms with van der Waals surface area (Å²) in [6, 6.07) is -0.750. The predicted molar refractivity (Wildman–Crippen MR) is 129 cm³/mol. The summed E-state index contributed by atoms with van der Waals surface area (Å²) in [7, 11) is 1.41. The van der Waals surface area contributed by atoms with Gasteiger partial charge in [-0.15, -0.1) is 0 Å². The molecular formula is C24H36N6O8. The van der Waals surface area contributed by atoms with E-state index >= 15 is 0 Å². The quantitative estimate of drug-likeness (QED) is 0.312. The van der Waals surface area contributed by atoms with Gasteiger partial charge < -0.3 is 44.5 Å². The molecule has 0 aromatic carbocycles. The zero-order valence-corrected chi connectivity index (χ0v) is 21.4.